The molecular formula is C26H32Cl2N4O5. The highest BCUT2D eigenvalue weighted by Gasteiger charge is 2.69. The minimum absolute atomic E-state index is 0.0208. The van der Waals surface area contributed by atoms with Crippen LogP contribution in [0.2, 0.25) is 10.0 Å². The minimum Gasteiger partial charge on any atom is -0.356 e. The minimum atomic E-state index is -1.17. The summed E-state index contributed by atoms with van der Waals surface area (Å²) >= 11 is 12.5. The van der Waals surface area contributed by atoms with Gasteiger partial charge in [0.25, 0.3) is 5.91 Å². The maximum Gasteiger partial charge on any atom is 0.289 e. The van der Waals surface area contributed by atoms with Crippen LogP contribution in [-0.4, -0.2) is 66.5 Å². The smallest absolute Gasteiger partial charge is 0.289 e. The lowest BCUT2D eigenvalue weighted by atomic mass is 9.94. The van der Waals surface area contributed by atoms with E-state index < -0.39 is 35.6 Å². The van der Waals surface area contributed by atoms with Gasteiger partial charge in [0.05, 0.1) is 6.04 Å². The summed E-state index contributed by atoms with van der Waals surface area (Å²) < 4.78 is 0. The number of Topliss-reactive ketones (excluding diaryl/α,β-unsaturated/α-hetero) is 1. The first-order chi connectivity index (χ1) is 17.5. The Morgan fingerprint density at radius 3 is 2.46 bits per heavy atom. The van der Waals surface area contributed by atoms with Gasteiger partial charge in [-0.05, 0) is 54.2 Å². The number of likely N-dealkylation sites (N-methyl/N-ethyl adjacent to an activating group) is 1. The van der Waals surface area contributed by atoms with E-state index >= 15 is 0 Å². The molecule has 0 bridgehead atoms. The zero-order valence-corrected chi connectivity index (χ0v) is 22.6. The predicted molar refractivity (Wildman–Crippen MR) is 138 cm³/mol. The van der Waals surface area contributed by atoms with E-state index in [0.717, 1.165) is 0 Å². The fourth-order valence-electron chi connectivity index (χ4n) is 5.91. The van der Waals surface area contributed by atoms with Gasteiger partial charge in [-0.15, -0.1) is 0 Å². The molecule has 9 nitrogen and oxygen atoms in total. The Bertz CT molecular complexity index is 1120. The fraction of sp³-hybridized carbons (Fsp3) is 0.577. The van der Waals surface area contributed by atoms with E-state index in [2.05, 4.69) is 29.8 Å². The number of rotatable bonds is 9. The van der Waals surface area contributed by atoms with Crippen molar-refractivity contribution in [2.75, 3.05) is 20.1 Å². The van der Waals surface area contributed by atoms with E-state index in [4.69, 9.17) is 23.2 Å². The van der Waals surface area contributed by atoms with Crippen LogP contribution < -0.4 is 16.0 Å². The molecule has 4 rings (SSSR count). The molecule has 3 fully saturated rings. The Hall–Kier alpha value is -2.65. The second-order valence-electron chi connectivity index (χ2n) is 10.7. The molecule has 1 aliphatic carbocycles. The van der Waals surface area contributed by atoms with Gasteiger partial charge in [-0.1, -0.05) is 43.1 Å². The summed E-state index contributed by atoms with van der Waals surface area (Å²) in [4.78, 5) is 65.6. The summed E-state index contributed by atoms with van der Waals surface area (Å²) in [6.45, 7) is 5.04. The summed E-state index contributed by atoms with van der Waals surface area (Å²) in [7, 11) is 1.33. The molecule has 5 atom stereocenters. The van der Waals surface area contributed by atoms with Crippen LogP contribution in [0.5, 0.6) is 0 Å². The zero-order valence-electron chi connectivity index (χ0n) is 21.1. The Morgan fingerprint density at radius 2 is 1.86 bits per heavy atom. The molecule has 0 spiro atoms. The number of nitrogens with one attached hydrogen (secondary N) is 3. The van der Waals surface area contributed by atoms with E-state index in [9.17, 15) is 24.0 Å². The SMILES string of the molecule is CNC(=O)C(=O)[C@H](C[C@@H]1CCNC1=O)NC(=O)[C@@H]1[C@@H]2[C@H](CN1C(=O)CCc1c(Cl)cccc1Cl)C2(C)C. The number of amides is 4. The highest BCUT2D eigenvalue weighted by atomic mass is 35.5. The van der Waals surface area contributed by atoms with Gasteiger partial charge >= 0.3 is 0 Å². The van der Waals surface area contributed by atoms with Crippen molar-refractivity contribution in [2.45, 2.75) is 51.6 Å². The molecule has 11 heteroatoms. The number of carbonyl (C=O) groups excluding carboxylic acids is 5. The second kappa shape index (κ2) is 10.6. The van der Waals surface area contributed by atoms with Crippen LogP contribution in [0.4, 0.5) is 0 Å². The molecule has 0 radical (unpaired) electrons. The molecule has 3 N–H and O–H groups in total. The highest BCUT2D eigenvalue weighted by molar-refractivity contribution is 6.38. The first-order valence-electron chi connectivity index (χ1n) is 12.5. The Labute approximate surface area is 226 Å². The topological polar surface area (TPSA) is 125 Å². The Morgan fingerprint density at radius 1 is 1.19 bits per heavy atom. The standard InChI is InChI=1S/C26H32Cl2N4O5/c1-26(2)15-12-32(19(33)8-7-14-16(27)5-4-6-17(14)28)21(20(15)26)24(36)31-18(22(34)25(37)29-3)11-13-9-10-30-23(13)35/h4-6,13,15,18,20-21H,7-12H2,1-3H3,(H,29,37)(H,30,35)(H,31,36)/t13-,15-,18-,20-,21-/m0/s1. The predicted octanol–water partition coefficient (Wildman–Crippen LogP) is 1.74. The van der Waals surface area contributed by atoms with Crippen LogP contribution in [0.3, 0.4) is 0 Å². The number of hydrogen-bond acceptors (Lipinski definition) is 5. The molecule has 3 aliphatic rings. The summed E-state index contributed by atoms with van der Waals surface area (Å²) in [6.07, 6.45) is 0.987. The van der Waals surface area contributed by atoms with Gasteiger partial charge in [0.2, 0.25) is 23.5 Å². The number of ketones is 1. The average molecular weight is 551 g/mol. The Balaban J connectivity index is 1.50. The van der Waals surface area contributed by atoms with Crippen molar-refractivity contribution in [1.82, 2.24) is 20.9 Å². The van der Waals surface area contributed by atoms with Crippen molar-refractivity contribution in [3.63, 3.8) is 0 Å². The lowest BCUT2D eigenvalue weighted by molar-refractivity contribution is -0.143. The lowest BCUT2D eigenvalue weighted by Crippen LogP contribution is -2.55. The fourth-order valence-corrected chi connectivity index (χ4v) is 6.50. The maximum atomic E-state index is 13.6. The molecule has 0 unspecified atom stereocenters. The summed E-state index contributed by atoms with van der Waals surface area (Å²) in [5, 5.41) is 8.69. The van der Waals surface area contributed by atoms with Crippen molar-refractivity contribution in [3.8, 4) is 0 Å². The number of carbonyl (C=O) groups is 5. The molecule has 1 aromatic carbocycles. The van der Waals surface area contributed by atoms with Gasteiger partial charge in [0.15, 0.2) is 0 Å². The van der Waals surface area contributed by atoms with Crippen LogP contribution in [0.25, 0.3) is 0 Å². The van der Waals surface area contributed by atoms with Crippen LogP contribution >= 0.6 is 23.2 Å². The number of benzene rings is 1. The number of nitrogens with zero attached hydrogens (tertiary/aromatic N) is 1. The molecule has 200 valence electrons. The molecular weight excluding hydrogens is 519 g/mol. The van der Waals surface area contributed by atoms with Gasteiger partial charge in [-0.25, -0.2) is 0 Å². The number of likely N-dealkylation sites (tertiary alicyclic amines) is 1. The van der Waals surface area contributed by atoms with E-state index in [1.807, 2.05) is 0 Å². The summed E-state index contributed by atoms with van der Waals surface area (Å²) in [5.41, 5.74) is 0.548. The first kappa shape index (κ1) is 27.4. The third-order valence-electron chi connectivity index (χ3n) is 8.21. The van der Waals surface area contributed by atoms with E-state index in [0.29, 0.717) is 41.5 Å². The third-order valence-corrected chi connectivity index (χ3v) is 8.92. The van der Waals surface area contributed by atoms with Crippen molar-refractivity contribution < 1.29 is 24.0 Å². The van der Waals surface area contributed by atoms with Crippen LogP contribution in [0, 0.1) is 23.2 Å². The van der Waals surface area contributed by atoms with Gasteiger partial charge in [0.1, 0.15) is 6.04 Å². The van der Waals surface area contributed by atoms with E-state index in [1.165, 1.54) is 7.05 Å². The number of piperidine rings is 1. The normalized spacial score (nSPS) is 26.2. The van der Waals surface area contributed by atoms with Gasteiger partial charge in [-0.2, -0.15) is 0 Å². The van der Waals surface area contributed by atoms with Crippen molar-refractivity contribution >= 4 is 52.6 Å². The summed E-state index contributed by atoms with van der Waals surface area (Å²) in [5.74, 6) is -2.94. The molecule has 1 saturated carbocycles. The van der Waals surface area contributed by atoms with Crippen LogP contribution in [0.1, 0.15) is 38.7 Å². The molecule has 37 heavy (non-hydrogen) atoms. The monoisotopic (exact) mass is 550 g/mol. The van der Waals surface area contributed by atoms with Gasteiger partial charge in [0, 0.05) is 42.5 Å². The van der Waals surface area contributed by atoms with Crippen molar-refractivity contribution in [2.24, 2.45) is 23.2 Å². The number of fused-ring (bicyclic) bond motifs is 1. The number of hydrogen-bond donors (Lipinski definition) is 3. The van der Waals surface area contributed by atoms with Gasteiger partial charge < -0.3 is 20.9 Å². The first-order valence-corrected chi connectivity index (χ1v) is 13.3. The Kier molecular flexibility index (Phi) is 7.85. The third kappa shape index (κ3) is 5.34. The van der Waals surface area contributed by atoms with Crippen molar-refractivity contribution in [3.05, 3.63) is 33.8 Å². The van der Waals surface area contributed by atoms with E-state index in [1.54, 1.807) is 23.1 Å². The average Bonchev–Trinajstić information content (AvgIpc) is 3.21. The van der Waals surface area contributed by atoms with Crippen LogP contribution in [0.15, 0.2) is 18.2 Å². The molecule has 0 aromatic heterocycles. The highest BCUT2D eigenvalue weighted by Crippen LogP contribution is 2.64. The largest absolute Gasteiger partial charge is 0.356 e. The maximum absolute atomic E-state index is 13.6. The second-order valence-corrected chi connectivity index (χ2v) is 11.5. The quantitative estimate of drug-likeness (QED) is 0.404. The lowest BCUT2D eigenvalue weighted by Gasteiger charge is -2.31. The molecule has 2 aliphatic heterocycles. The molecule has 1 aromatic rings. The van der Waals surface area contributed by atoms with Gasteiger partial charge in [-0.3, -0.25) is 24.0 Å². The zero-order chi connectivity index (χ0) is 27.1. The van der Waals surface area contributed by atoms with Crippen LogP contribution in [-0.2, 0) is 30.4 Å². The summed E-state index contributed by atoms with van der Waals surface area (Å²) in [6, 6.07) is 3.22. The number of halogens is 2. The van der Waals surface area contributed by atoms with E-state index in [-0.39, 0.29) is 41.9 Å². The molecule has 2 saturated heterocycles. The van der Waals surface area contributed by atoms with Crippen molar-refractivity contribution in [1.29, 1.82) is 0 Å². The molecule has 4 amide bonds. The molecule has 2 heterocycles.